The van der Waals surface area contributed by atoms with Crippen molar-refractivity contribution in [2.24, 2.45) is 11.3 Å². The van der Waals surface area contributed by atoms with E-state index in [9.17, 15) is 10.1 Å². The van der Waals surface area contributed by atoms with E-state index in [2.05, 4.69) is 25.7 Å². The lowest BCUT2D eigenvalue weighted by atomic mass is 9.75. The average Bonchev–Trinajstić information content (AvgIpc) is 2.37. The van der Waals surface area contributed by atoms with E-state index in [0.29, 0.717) is 17.0 Å². The molecule has 5 nitrogen and oxygen atoms in total. The van der Waals surface area contributed by atoms with Gasteiger partial charge >= 0.3 is 0 Å². The Morgan fingerprint density at radius 2 is 1.85 bits per heavy atom. The first-order chi connectivity index (χ1) is 9.27. The highest BCUT2D eigenvalue weighted by Gasteiger charge is 2.29. The number of rotatable bonds is 2. The van der Waals surface area contributed by atoms with Crippen LogP contribution in [0.5, 0.6) is 0 Å². The van der Waals surface area contributed by atoms with E-state index in [1.54, 1.807) is 6.07 Å². The highest BCUT2D eigenvalue weighted by molar-refractivity contribution is 5.62. The molecule has 1 aliphatic rings. The van der Waals surface area contributed by atoms with E-state index in [4.69, 9.17) is 5.73 Å². The molecule has 1 aromatic carbocycles. The molecule has 0 atom stereocenters. The van der Waals surface area contributed by atoms with Gasteiger partial charge in [-0.1, -0.05) is 20.8 Å². The highest BCUT2D eigenvalue weighted by Crippen LogP contribution is 2.36. The lowest BCUT2D eigenvalue weighted by molar-refractivity contribution is -0.384. The van der Waals surface area contributed by atoms with Gasteiger partial charge in [0.05, 0.1) is 4.92 Å². The minimum absolute atomic E-state index is 0.0675. The maximum Gasteiger partial charge on any atom is 0.273 e. The van der Waals surface area contributed by atoms with Gasteiger partial charge < -0.3 is 10.6 Å². The maximum absolute atomic E-state index is 10.9. The van der Waals surface area contributed by atoms with Gasteiger partial charge in [0.1, 0.15) is 0 Å². The second-order valence-corrected chi connectivity index (χ2v) is 6.67. The van der Waals surface area contributed by atoms with Crippen molar-refractivity contribution in [1.82, 2.24) is 0 Å². The molecule has 0 unspecified atom stereocenters. The van der Waals surface area contributed by atoms with Gasteiger partial charge in [-0.15, -0.1) is 0 Å². The monoisotopic (exact) mass is 277 g/mol. The molecule has 0 radical (unpaired) electrons. The summed E-state index contributed by atoms with van der Waals surface area (Å²) in [5, 5.41) is 10.9. The number of piperidine rings is 1. The summed E-state index contributed by atoms with van der Waals surface area (Å²) in [6.45, 7) is 8.70. The molecule has 20 heavy (non-hydrogen) atoms. The molecule has 1 aliphatic heterocycles. The molecule has 2 rings (SSSR count). The molecule has 0 aliphatic carbocycles. The molecule has 1 heterocycles. The van der Waals surface area contributed by atoms with Crippen molar-refractivity contribution in [2.45, 2.75) is 33.6 Å². The highest BCUT2D eigenvalue weighted by atomic mass is 16.6. The van der Waals surface area contributed by atoms with Crippen molar-refractivity contribution in [3.63, 3.8) is 0 Å². The smallest absolute Gasteiger partial charge is 0.273 e. The van der Waals surface area contributed by atoms with Crippen molar-refractivity contribution in [2.75, 3.05) is 23.7 Å². The average molecular weight is 277 g/mol. The number of nitro benzene ring substituents is 1. The molecule has 0 spiro atoms. The number of nitro groups is 1. The normalized spacial score (nSPS) is 17.2. The molecule has 1 fully saturated rings. The number of nitrogens with two attached hydrogens (primary N) is 1. The number of anilines is 2. The van der Waals surface area contributed by atoms with Crippen LogP contribution in [0.1, 0.15) is 33.6 Å². The number of hydrogen-bond donors (Lipinski definition) is 1. The van der Waals surface area contributed by atoms with Crippen LogP contribution in [0.15, 0.2) is 18.2 Å². The van der Waals surface area contributed by atoms with E-state index < -0.39 is 0 Å². The minimum atomic E-state index is -0.387. The molecule has 5 heteroatoms. The van der Waals surface area contributed by atoms with Crippen LogP contribution >= 0.6 is 0 Å². The molecule has 2 N–H and O–H groups in total. The fourth-order valence-electron chi connectivity index (χ4n) is 2.91. The van der Waals surface area contributed by atoms with Crippen LogP contribution in [0.25, 0.3) is 0 Å². The predicted octanol–water partition coefficient (Wildman–Crippen LogP) is 3.44. The number of benzene rings is 1. The van der Waals surface area contributed by atoms with Crippen LogP contribution < -0.4 is 10.6 Å². The Kier molecular flexibility index (Phi) is 3.88. The largest absolute Gasteiger partial charge is 0.398 e. The molecule has 0 amide bonds. The van der Waals surface area contributed by atoms with E-state index >= 15 is 0 Å². The third-order valence-electron chi connectivity index (χ3n) is 4.22. The summed E-state index contributed by atoms with van der Waals surface area (Å²) >= 11 is 0. The predicted molar refractivity (Wildman–Crippen MR) is 81.9 cm³/mol. The second kappa shape index (κ2) is 5.31. The molecule has 1 aromatic rings. The van der Waals surface area contributed by atoms with Gasteiger partial charge in [0.15, 0.2) is 0 Å². The SMILES string of the molecule is CC(C)(C)C1CCN(c2cc(N)cc([N+](=O)[O-])c2)CC1. The van der Waals surface area contributed by atoms with Gasteiger partial charge in [0.2, 0.25) is 0 Å². The molecule has 0 aromatic heterocycles. The number of nitrogen functional groups attached to an aromatic ring is 1. The molecule has 1 saturated heterocycles. The van der Waals surface area contributed by atoms with Crippen LogP contribution in [-0.2, 0) is 0 Å². The first-order valence-electron chi connectivity index (χ1n) is 7.07. The standard InChI is InChI=1S/C15H23N3O2/c1-15(2,3)11-4-6-17(7-5-11)13-8-12(16)9-14(10-13)18(19)20/h8-11H,4-7,16H2,1-3H3. The van der Waals surface area contributed by atoms with Gasteiger partial charge in [-0.05, 0) is 30.2 Å². The summed E-state index contributed by atoms with van der Waals surface area (Å²) in [5.74, 6) is 0.704. The van der Waals surface area contributed by atoms with Crippen LogP contribution in [0, 0.1) is 21.4 Å². The van der Waals surface area contributed by atoms with E-state index in [0.717, 1.165) is 31.6 Å². The molecular weight excluding hydrogens is 254 g/mol. The lowest BCUT2D eigenvalue weighted by Crippen LogP contribution is -2.38. The fourth-order valence-corrected chi connectivity index (χ4v) is 2.91. The van der Waals surface area contributed by atoms with Crippen LogP contribution in [0.4, 0.5) is 17.1 Å². The summed E-state index contributed by atoms with van der Waals surface area (Å²) in [6, 6.07) is 4.85. The van der Waals surface area contributed by atoms with Crippen LogP contribution in [0.3, 0.4) is 0 Å². The van der Waals surface area contributed by atoms with E-state index in [1.165, 1.54) is 6.07 Å². The van der Waals surface area contributed by atoms with Gasteiger partial charge in [-0.2, -0.15) is 0 Å². The van der Waals surface area contributed by atoms with Gasteiger partial charge in [-0.25, -0.2) is 0 Å². The van der Waals surface area contributed by atoms with Gasteiger partial charge in [0.25, 0.3) is 5.69 Å². The van der Waals surface area contributed by atoms with Crippen molar-refractivity contribution < 1.29 is 4.92 Å². The quantitative estimate of drug-likeness (QED) is 0.510. The third kappa shape index (κ3) is 3.21. The van der Waals surface area contributed by atoms with Crippen molar-refractivity contribution in [1.29, 1.82) is 0 Å². The summed E-state index contributed by atoms with van der Waals surface area (Å²) in [6.07, 6.45) is 2.23. The van der Waals surface area contributed by atoms with Gasteiger partial charge in [-0.3, -0.25) is 10.1 Å². The molecule has 0 bridgehead atoms. The zero-order valence-electron chi connectivity index (χ0n) is 12.4. The Hall–Kier alpha value is -1.78. The Morgan fingerprint density at radius 3 is 2.35 bits per heavy atom. The minimum Gasteiger partial charge on any atom is -0.398 e. The summed E-state index contributed by atoms with van der Waals surface area (Å²) in [5.41, 5.74) is 7.48. The molecule has 110 valence electrons. The Balaban J connectivity index is 2.13. The Labute approximate surface area is 119 Å². The number of hydrogen-bond acceptors (Lipinski definition) is 4. The van der Waals surface area contributed by atoms with E-state index in [-0.39, 0.29) is 10.6 Å². The zero-order chi connectivity index (χ0) is 14.9. The maximum atomic E-state index is 10.9. The summed E-state index contributed by atoms with van der Waals surface area (Å²) in [4.78, 5) is 12.7. The van der Waals surface area contributed by atoms with Crippen molar-refractivity contribution in [3.05, 3.63) is 28.3 Å². The van der Waals surface area contributed by atoms with Crippen molar-refractivity contribution >= 4 is 17.1 Å². The third-order valence-corrected chi connectivity index (χ3v) is 4.22. The van der Waals surface area contributed by atoms with Crippen molar-refractivity contribution in [3.8, 4) is 0 Å². The first-order valence-corrected chi connectivity index (χ1v) is 7.07. The van der Waals surface area contributed by atoms with Crippen LogP contribution in [-0.4, -0.2) is 18.0 Å². The van der Waals surface area contributed by atoms with E-state index in [1.807, 2.05) is 6.07 Å². The van der Waals surface area contributed by atoms with Gasteiger partial charge in [0, 0.05) is 36.6 Å². The lowest BCUT2D eigenvalue weighted by Gasteiger charge is -2.39. The number of nitrogens with zero attached hydrogens (tertiary/aromatic N) is 2. The Morgan fingerprint density at radius 1 is 1.25 bits per heavy atom. The molecule has 0 saturated carbocycles. The fraction of sp³-hybridized carbons (Fsp3) is 0.600. The first kappa shape index (κ1) is 14.6. The number of non-ortho nitro benzene ring substituents is 1. The summed E-state index contributed by atoms with van der Waals surface area (Å²) in [7, 11) is 0. The van der Waals surface area contributed by atoms with Crippen LogP contribution in [0.2, 0.25) is 0 Å². The Bertz CT molecular complexity index is 500. The topological polar surface area (TPSA) is 72.4 Å². The second-order valence-electron chi connectivity index (χ2n) is 6.67. The molecular formula is C15H23N3O2. The zero-order valence-corrected chi connectivity index (χ0v) is 12.4. The summed E-state index contributed by atoms with van der Waals surface area (Å²) < 4.78 is 0.